The molecule has 3 heteroatoms. The van der Waals surface area contributed by atoms with E-state index >= 15 is 0 Å². The number of benzene rings is 4. The summed E-state index contributed by atoms with van der Waals surface area (Å²) in [5.74, 6) is 0.128. The Labute approximate surface area is 213 Å². The van der Waals surface area contributed by atoms with Gasteiger partial charge in [-0.2, -0.15) is 0 Å². The molecule has 1 aliphatic carbocycles. The molecule has 0 saturated heterocycles. The van der Waals surface area contributed by atoms with E-state index in [-0.39, 0.29) is 5.41 Å². The number of ether oxygens (including phenoxy) is 1. The zero-order chi connectivity index (χ0) is 25.6. The summed E-state index contributed by atoms with van der Waals surface area (Å²) in [6, 6.07) is 29.9. The molecule has 0 unspecified atom stereocenters. The van der Waals surface area contributed by atoms with E-state index in [1.807, 2.05) is 19.1 Å². The Hall–Kier alpha value is -4.11. The molecule has 180 valence electrons. The number of carbonyl (C=O) groups excluding carboxylic acids is 1. The van der Waals surface area contributed by atoms with Crippen LogP contribution in [0, 0.1) is 13.8 Å². The molecule has 0 radical (unpaired) electrons. The Balaban J connectivity index is 1.63. The van der Waals surface area contributed by atoms with Crippen molar-refractivity contribution in [2.24, 2.45) is 0 Å². The standard InChI is InChI=1S/C33H31NO2/c1-21(2)32(35)36-31-17-15-25(19-23(31)4)34(24-11-9-10-22(3)18-24)26-14-16-28-27-12-7-8-13-29(27)33(5,6)30(28)20-26/h7-20H,1H2,2-6H3. The third-order valence-electron chi connectivity index (χ3n) is 7.05. The number of fused-ring (bicyclic) bond motifs is 3. The zero-order valence-electron chi connectivity index (χ0n) is 21.6. The van der Waals surface area contributed by atoms with Gasteiger partial charge in [0.15, 0.2) is 0 Å². The van der Waals surface area contributed by atoms with E-state index in [1.165, 1.54) is 27.8 Å². The van der Waals surface area contributed by atoms with Crippen LogP contribution in [0.3, 0.4) is 0 Å². The van der Waals surface area contributed by atoms with Gasteiger partial charge in [0.2, 0.25) is 0 Å². The zero-order valence-corrected chi connectivity index (χ0v) is 21.6. The highest BCUT2D eigenvalue weighted by atomic mass is 16.5. The largest absolute Gasteiger partial charge is 0.423 e. The van der Waals surface area contributed by atoms with Crippen molar-refractivity contribution in [3.05, 3.63) is 119 Å². The molecule has 5 rings (SSSR count). The molecule has 0 aliphatic heterocycles. The molecule has 4 aromatic carbocycles. The second-order valence-electron chi connectivity index (χ2n) is 10.2. The number of carbonyl (C=O) groups is 1. The molecule has 0 aromatic heterocycles. The minimum atomic E-state index is -0.415. The Morgan fingerprint density at radius 2 is 1.44 bits per heavy atom. The number of esters is 1. The second-order valence-corrected chi connectivity index (χ2v) is 10.2. The number of anilines is 3. The second kappa shape index (κ2) is 8.83. The van der Waals surface area contributed by atoms with Crippen molar-refractivity contribution in [3.63, 3.8) is 0 Å². The molecule has 0 N–H and O–H groups in total. The van der Waals surface area contributed by atoms with Crippen LogP contribution in [0.15, 0.2) is 97.1 Å². The number of hydrogen-bond donors (Lipinski definition) is 0. The summed E-state index contributed by atoms with van der Waals surface area (Å²) in [6.07, 6.45) is 0. The summed E-state index contributed by atoms with van der Waals surface area (Å²) in [7, 11) is 0. The van der Waals surface area contributed by atoms with Gasteiger partial charge in [-0.05, 0) is 96.6 Å². The van der Waals surface area contributed by atoms with Crippen LogP contribution in [0.4, 0.5) is 17.1 Å². The monoisotopic (exact) mass is 473 g/mol. The third-order valence-corrected chi connectivity index (χ3v) is 7.05. The summed E-state index contributed by atoms with van der Waals surface area (Å²) in [6.45, 7) is 14.0. The van der Waals surface area contributed by atoms with Crippen molar-refractivity contribution in [1.29, 1.82) is 0 Å². The van der Waals surface area contributed by atoms with Gasteiger partial charge >= 0.3 is 5.97 Å². The van der Waals surface area contributed by atoms with Crippen LogP contribution < -0.4 is 9.64 Å². The molecule has 0 fully saturated rings. The van der Waals surface area contributed by atoms with E-state index in [0.717, 1.165) is 22.6 Å². The quantitative estimate of drug-likeness (QED) is 0.165. The molecule has 0 atom stereocenters. The first-order valence-corrected chi connectivity index (χ1v) is 12.3. The van der Waals surface area contributed by atoms with Gasteiger partial charge in [0, 0.05) is 28.1 Å². The Kier molecular flexibility index (Phi) is 5.80. The topological polar surface area (TPSA) is 29.5 Å². The summed E-state index contributed by atoms with van der Waals surface area (Å²) < 4.78 is 5.54. The molecule has 0 saturated carbocycles. The average Bonchev–Trinajstić information content (AvgIpc) is 3.08. The highest BCUT2D eigenvalue weighted by Crippen LogP contribution is 2.50. The summed E-state index contributed by atoms with van der Waals surface area (Å²) >= 11 is 0. The first-order valence-electron chi connectivity index (χ1n) is 12.3. The van der Waals surface area contributed by atoms with Gasteiger partial charge in [-0.3, -0.25) is 0 Å². The van der Waals surface area contributed by atoms with E-state index in [2.05, 4.69) is 105 Å². The van der Waals surface area contributed by atoms with Crippen LogP contribution in [0.1, 0.15) is 43.0 Å². The SMILES string of the molecule is C=C(C)C(=O)Oc1ccc(N(c2cccc(C)c2)c2ccc3c(c2)C(C)(C)c2ccccc2-3)cc1C. The fourth-order valence-corrected chi connectivity index (χ4v) is 5.12. The van der Waals surface area contributed by atoms with Crippen LogP contribution >= 0.6 is 0 Å². The predicted octanol–water partition coefficient (Wildman–Crippen LogP) is 8.56. The molecular weight excluding hydrogens is 442 g/mol. The van der Waals surface area contributed by atoms with Gasteiger partial charge in [0.1, 0.15) is 5.75 Å². The van der Waals surface area contributed by atoms with Crippen LogP contribution in [-0.2, 0) is 10.2 Å². The smallest absolute Gasteiger partial charge is 0.338 e. The van der Waals surface area contributed by atoms with E-state index in [1.54, 1.807) is 6.92 Å². The van der Waals surface area contributed by atoms with Crippen molar-refractivity contribution in [3.8, 4) is 16.9 Å². The maximum Gasteiger partial charge on any atom is 0.338 e. The lowest BCUT2D eigenvalue weighted by atomic mass is 9.82. The fourth-order valence-electron chi connectivity index (χ4n) is 5.12. The summed E-state index contributed by atoms with van der Waals surface area (Å²) in [5.41, 5.74) is 10.8. The van der Waals surface area contributed by atoms with Crippen molar-refractivity contribution in [2.75, 3.05) is 4.90 Å². The lowest BCUT2D eigenvalue weighted by Gasteiger charge is -2.28. The predicted molar refractivity (Wildman–Crippen MR) is 149 cm³/mol. The van der Waals surface area contributed by atoms with Gasteiger partial charge in [-0.15, -0.1) is 0 Å². The van der Waals surface area contributed by atoms with Crippen molar-refractivity contribution >= 4 is 23.0 Å². The van der Waals surface area contributed by atoms with Crippen LogP contribution in [0.25, 0.3) is 11.1 Å². The van der Waals surface area contributed by atoms with E-state index in [9.17, 15) is 4.79 Å². The van der Waals surface area contributed by atoms with Gasteiger partial charge in [-0.25, -0.2) is 4.79 Å². The summed E-state index contributed by atoms with van der Waals surface area (Å²) in [5, 5.41) is 0. The van der Waals surface area contributed by atoms with E-state index in [4.69, 9.17) is 4.74 Å². The maximum atomic E-state index is 12.1. The van der Waals surface area contributed by atoms with Crippen molar-refractivity contribution in [2.45, 2.75) is 40.0 Å². The highest BCUT2D eigenvalue weighted by Gasteiger charge is 2.35. The first-order chi connectivity index (χ1) is 17.2. The summed E-state index contributed by atoms with van der Waals surface area (Å²) in [4.78, 5) is 14.4. The Morgan fingerprint density at radius 3 is 2.17 bits per heavy atom. The van der Waals surface area contributed by atoms with E-state index in [0.29, 0.717) is 11.3 Å². The number of aryl methyl sites for hydroxylation is 2. The third kappa shape index (κ3) is 4.01. The minimum absolute atomic E-state index is 0.0866. The van der Waals surface area contributed by atoms with Crippen LogP contribution in [0.5, 0.6) is 5.75 Å². The van der Waals surface area contributed by atoms with Crippen molar-refractivity contribution in [1.82, 2.24) is 0 Å². The highest BCUT2D eigenvalue weighted by molar-refractivity contribution is 5.89. The minimum Gasteiger partial charge on any atom is -0.423 e. The van der Waals surface area contributed by atoms with E-state index < -0.39 is 5.97 Å². The first kappa shape index (κ1) is 23.6. The lowest BCUT2D eigenvalue weighted by Crippen LogP contribution is -2.16. The maximum absolute atomic E-state index is 12.1. The fraction of sp³-hybridized carbons (Fsp3) is 0.182. The van der Waals surface area contributed by atoms with Gasteiger partial charge in [0.05, 0.1) is 0 Å². The molecule has 0 bridgehead atoms. The molecule has 0 amide bonds. The van der Waals surface area contributed by atoms with Gasteiger partial charge < -0.3 is 9.64 Å². The normalized spacial score (nSPS) is 13.0. The van der Waals surface area contributed by atoms with Crippen molar-refractivity contribution < 1.29 is 9.53 Å². The molecule has 4 aromatic rings. The average molecular weight is 474 g/mol. The molecule has 0 spiro atoms. The number of nitrogens with zero attached hydrogens (tertiary/aromatic N) is 1. The molecule has 0 heterocycles. The van der Waals surface area contributed by atoms with Gasteiger partial charge in [-0.1, -0.05) is 62.9 Å². The Morgan fingerprint density at radius 1 is 0.778 bits per heavy atom. The molecule has 1 aliphatic rings. The number of hydrogen-bond acceptors (Lipinski definition) is 3. The molecule has 36 heavy (non-hydrogen) atoms. The van der Waals surface area contributed by atoms with Crippen LogP contribution in [0.2, 0.25) is 0 Å². The Bertz CT molecular complexity index is 1510. The van der Waals surface area contributed by atoms with Crippen LogP contribution in [-0.4, -0.2) is 5.97 Å². The molecular formula is C33H31NO2. The molecule has 3 nitrogen and oxygen atoms in total. The van der Waals surface area contributed by atoms with Gasteiger partial charge in [0.25, 0.3) is 0 Å². The number of rotatable bonds is 5. The lowest BCUT2D eigenvalue weighted by molar-refractivity contribution is -0.130.